The van der Waals surface area contributed by atoms with E-state index in [0.29, 0.717) is 0 Å². The molecule has 1 aromatic carbocycles. The Labute approximate surface area is 127 Å². The number of unbranched alkanes of at least 4 members (excludes halogenated alkanes) is 3. The number of hydrogen-bond donors (Lipinski definition) is 1. The van der Waals surface area contributed by atoms with Gasteiger partial charge in [-0.15, -0.1) is 0 Å². The fraction of sp³-hybridized carbons (Fsp3) is 0.500. The van der Waals surface area contributed by atoms with Gasteiger partial charge in [0, 0.05) is 5.39 Å². The Kier molecular flexibility index (Phi) is 7.02. The first-order valence-corrected chi connectivity index (χ1v) is 8.08. The van der Waals surface area contributed by atoms with Crippen molar-refractivity contribution in [1.82, 2.24) is 10.3 Å². The average molecular weight is 286 g/mol. The van der Waals surface area contributed by atoms with E-state index >= 15 is 0 Å². The third-order valence-corrected chi connectivity index (χ3v) is 3.51. The van der Waals surface area contributed by atoms with E-state index < -0.39 is 0 Å². The topological polar surface area (TPSA) is 34.1 Å². The summed E-state index contributed by atoms with van der Waals surface area (Å²) >= 11 is 0. The van der Waals surface area contributed by atoms with Gasteiger partial charge in [-0.1, -0.05) is 38.0 Å². The highest BCUT2D eigenvalue weighted by Gasteiger charge is 1.98. The molecule has 1 N–H and O–H groups in total. The molecule has 0 radical (unpaired) electrons. The molecule has 3 heteroatoms. The zero-order valence-corrected chi connectivity index (χ0v) is 13.0. The molecule has 0 spiro atoms. The Morgan fingerprint density at radius 3 is 2.81 bits per heavy atom. The zero-order chi connectivity index (χ0) is 14.8. The fourth-order valence-corrected chi connectivity index (χ4v) is 2.33. The monoisotopic (exact) mass is 286 g/mol. The highest BCUT2D eigenvalue weighted by Crippen LogP contribution is 2.18. The number of fused-ring (bicyclic) bond motifs is 1. The van der Waals surface area contributed by atoms with Crippen LogP contribution in [0.2, 0.25) is 0 Å². The van der Waals surface area contributed by atoms with Crippen molar-refractivity contribution in [1.29, 1.82) is 0 Å². The van der Waals surface area contributed by atoms with Crippen LogP contribution in [-0.4, -0.2) is 24.7 Å². The third kappa shape index (κ3) is 5.72. The largest absolute Gasteiger partial charge is 0.492 e. The van der Waals surface area contributed by atoms with Crippen LogP contribution in [0.25, 0.3) is 10.9 Å². The number of rotatable bonds is 10. The second-order valence-electron chi connectivity index (χ2n) is 5.38. The third-order valence-electron chi connectivity index (χ3n) is 3.51. The molecular formula is C18H26N2O. The van der Waals surface area contributed by atoms with Crippen LogP contribution in [0.15, 0.2) is 36.5 Å². The predicted octanol–water partition coefficient (Wildman–Crippen LogP) is 4.17. The Hall–Kier alpha value is -1.61. The molecule has 0 saturated carbocycles. The van der Waals surface area contributed by atoms with Crippen LogP contribution in [0, 0.1) is 0 Å². The van der Waals surface area contributed by atoms with Gasteiger partial charge in [0.2, 0.25) is 0 Å². The molecule has 1 aromatic heterocycles. The maximum atomic E-state index is 5.78. The van der Waals surface area contributed by atoms with Gasteiger partial charge in [0.25, 0.3) is 0 Å². The van der Waals surface area contributed by atoms with Crippen LogP contribution >= 0.6 is 0 Å². The lowest BCUT2D eigenvalue weighted by Gasteiger charge is -2.07. The second kappa shape index (κ2) is 9.35. The van der Waals surface area contributed by atoms with Crippen molar-refractivity contribution in [3.63, 3.8) is 0 Å². The van der Waals surface area contributed by atoms with Crippen LogP contribution < -0.4 is 10.1 Å². The molecular weight excluding hydrogens is 260 g/mol. The van der Waals surface area contributed by atoms with Crippen molar-refractivity contribution < 1.29 is 4.74 Å². The maximum Gasteiger partial charge on any atom is 0.138 e. The van der Waals surface area contributed by atoms with Gasteiger partial charge >= 0.3 is 0 Å². The second-order valence-corrected chi connectivity index (χ2v) is 5.38. The Morgan fingerprint density at radius 2 is 1.90 bits per heavy atom. The van der Waals surface area contributed by atoms with E-state index in [2.05, 4.69) is 29.4 Å². The minimum absolute atomic E-state index is 0.780. The van der Waals surface area contributed by atoms with E-state index in [1.807, 2.05) is 24.4 Å². The molecule has 0 aliphatic heterocycles. The number of aromatic nitrogens is 1. The number of hydrogen-bond acceptors (Lipinski definition) is 3. The average Bonchev–Trinajstić information content (AvgIpc) is 2.53. The first-order chi connectivity index (χ1) is 10.4. The van der Waals surface area contributed by atoms with E-state index in [9.17, 15) is 0 Å². The van der Waals surface area contributed by atoms with Crippen molar-refractivity contribution in [2.24, 2.45) is 0 Å². The molecule has 2 rings (SSSR count). The zero-order valence-electron chi connectivity index (χ0n) is 13.0. The van der Waals surface area contributed by atoms with Gasteiger partial charge in [0.05, 0.1) is 18.3 Å². The van der Waals surface area contributed by atoms with Gasteiger partial charge < -0.3 is 10.1 Å². The first kappa shape index (κ1) is 15.8. The van der Waals surface area contributed by atoms with Crippen molar-refractivity contribution in [2.45, 2.75) is 39.0 Å². The lowest BCUT2D eigenvalue weighted by Crippen LogP contribution is -2.15. The smallest absolute Gasteiger partial charge is 0.138 e. The number of pyridine rings is 1. The SMILES string of the molecule is CCCNCCCCCCOc1cnc2ccccc2c1. The Bertz CT molecular complexity index is 527. The standard InChI is InChI=1S/C18H26N2O/c1-2-11-19-12-7-3-4-8-13-21-17-14-16-9-5-6-10-18(16)20-15-17/h5-6,9-10,14-15,19H,2-4,7-8,11-13H2,1H3. The fourth-order valence-electron chi connectivity index (χ4n) is 2.33. The van der Waals surface area contributed by atoms with E-state index in [1.165, 1.54) is 25.7 Å². The Morgan fingerprint density at radius 1 is 1.05 bits per heavy atom. The maximum absolute atomic E-state index is 5.78. The molecule has 1 heterocycles. The van der Waals surface area contributed by atoms with Crippen molar-refractivity contribution >= 4 is 10.9 Å². The van der Waals surface area contributed by atoms with Gasteiger partial charge in [0.15, 0.2) is 0 Å². The van der Waals surface area contributed by atoms with Gasteiger partial charge in [-0.2, -0.15) is 0 Å². The van der Waals surface area contributed by atoms with Gasteiger partial charge in [0.1, 0.15) is 5.75 Å². The minimum atomic E-state index is 0.780. The van der Waals surface area contributed by atoms with Crippen LogP contribution in [0.4, 0.5) is 0 Å². The van der Waals surface area contributed by atoms with Crippen molar-refractivity contribution in [2.75, 3.05) is 19.7 Å². The van der Waals surface area contributed by atoms with Gasteiger partial charge in [-0.3, -0.25) is 4.98 Å². The number of nitrogens with one attached hydrogen (secondary N) is 1. The summed E-state index contributed by atoms with van der Waals surface area (Å²) in [6.07, 6.45) is 7.91. The molecule has 0 aliphatic carbocycles. The van der Waals surface area contributed by atoms with Crippen molar-refractivity contribution in [3.8, 4) is 5.75 Å². The molecule has 0 fully saturated rings. The lowest BCUT2D eigenvalue weighted by molar-refractivity contribution is 0.304. The van der Waals surface area contributed by atoms with E-state index in [4.69, 9.17) is 4.74 Å². The normalized spacial score (nSPS) is 10.9. The molecule has 0 aliphatic rings. The van der Waals surface area contributed by atoms with Gasteiger partial charge in [-0.05, 0) is 44.5 Å². The van der Waals surface area contributed by atoms with Crippen LogP contribution in [0.3, 0.4) is 0 Å². The molecule has 2 aromatic rings. The number of para-hydroxylation sites is 1. The van der Waals surface area contributed by atoms with Crippen LogP contribution in [0.1, 0.15) is 39.0 Å². The molecule has 21 heavy (non-hydrogen) atoms. The minimum Gasteiger partial charge on any atom is -0.492 e. The molecule has 114 valence electrons. The van der Waals surface area contributed by atoms with Gasteiger partial charge in [-0.25, -0.2) is 0 Å². The predicted molar refractivity (Wildman–Crippen MR) is 88.9 cm³/mol. The first-order valence-electron chi connectivity index (χ1n) is 8.08. The molecule has 0 bridgehead atoms. The van der Waals surface area contributed by atoms with E-state index in [0.717, 1.165) is 42.8 Å². The number of benzene rings is 1. The summed E-state index contributed by atoms with van der Waals surface area (Å²) in [5, 5.41) is 4.57. The van der Waals surface area contributed by atoms with Crippen LogP contribution in [0.5, 0.6) is 5.75 Å². The quantitative estimate of drug-likeness (QED) is 0.665. The van der Waals surface area contributed by atoms with Crippen molar-refractivity contribution in [3.05, 3.63) is 36.5 Å². The number of nitrogens with zero attached hydrogens (tertiary/aromatic N) is 1. The number of ether oxygens (including phenoxy) is 1. The van der Waals surface area contributed by atoms with E-state index in [1.54, 1.807) is 0 Å². The molecule has 0 unspecified atom stereocenters. The summed E-state index contributed by atoms with van der Waals surface area (Å²) in [6, 6.07) is 10.2. The molecule has 0 amide bonds. The van der Waals surface area contributed by atoms with Crippen LogP contribution in [-0.2, 0) is 0 Å². The lowest BCUT2D eigenvalue weighted by atomic mass is 10.2. The molecule has 3 nitrogen and oxygen atoms in total. The highest BCUT2D eigenvalue weighted by molar-refractivity contribution is 5.79. The molecule has 0 saturated heterocycles. The molecule has 0 atom stereocenters. The summed E-state index contributed by atoms with van der Waals surface area (Å²) in [4.78, 5) is 4.40. The summed E-state index contributed by atoms with van der Waals surface area (Å²) < 4.78 is 5.78. The summed E-state index contributed by atoms with van der Waals surface area (Å²) in [7, 11) is 0. The highest BCUT2D eigenvalue weighted by atomic mass is 16.5. The Balaban J connectivity index is 1.59. The van der Waals surface area contributed by atoms with E-state index in [-0.39, 0.29) is 0 Å². The summed E-state index contributed by atoms with van der Waals surface area (Å²) in [5.41, 5.74) is 1.02. The summed E-state index contributed by atoms with van der Waals surface area (Å²) in [6.45, 7) is 5.26. The summed E-state index contributed by atoms with van der Waals surface area (Å²) in [5.74, 6) is 0.873.